The molecule has 6 rings (SSSR count). The van der Waals surface area contributed by atoms with E-state index in [2.05, 4.69) is 80.6 Å². The third kappa shape index (κ3) is 2.37. The number of rotatable bonds is 3. The maximum atomic E-state index is 10.4. The normalized spacial score (nSPS) is 16.2. The second-order valence-corrected chi connectivity index (χ2v) is 9.64. The first-order valence-corrected chi connectivity index (χ1v) is 11.2. The molecule has 2 aliphatic carbocycles. The van der Waals surface area contributed by atoms with E-state index >= 15 is 0 Å². The molecule has 158 valence electrons. The SMILES string of the molecule is CC1(C)c2ccccc2-c2ccc(-c3ccc4c(c3)C(CO)(CO)c3ccccc3-4)cc21. The van der Waals surface area contributed by atoms with Crippen molar-refractivity contribution in [2.24, 2.45) is 0 Å². The Bertz CT molecular complexity index is 1380. The van der Waals surface area contributed by atoms with Gasteiger partial charge in [-0.15, -0.1) is 0 Å². The van der Waals surface area contributed by atoms with Gasteiger partial charge < -0.3 is 10.2 Å². The van der Waals surface area contributed by atoms with Crippen LogP contribution < -0.4 is 0 Å². The molecule has 0 unspecified atom stereocenters. The molecule has 4 aromatic rings. The number of aliphatic hydroxyl groups excluding tert-OH is 2. The molecule has 0 saturated carbocycles. The monoisotopic (exact) mass is 418 g/mol. The van der Waals surface area contributed by atoms with E-state index in [1.807, 2.05) is 18.2 Å². The van der Waals surface area contributed by atoms with Crippen LogP contribution in [0.25, 0.3) is 33.4 Å². The lowest BCUT2D eigenvalue weighted by atomic mass is 9.78. The smallest absolute Gasteiger partial charge is 0.0676 e. The largest absolute Gasteiger partial charge is 0.395 e. The van der Waals surface area contributed by atoms with Gasteiger partial charge in [0, 0.05) is 5.41 Å². The number of hydrogen-bond donors (Lipinski definition) is 2. The highest BCUT2D eigenvalue weighted by Gasteiger charge is 2.42. The van der Waals surface area contributed by atoms with Crippen LogP contribution in [-0.2, 0) is 10.8 Å². The number of aliphatic hydroxyl groups is 2. The van der Waals surface area contributed by atoms with Crippen LogP contribution in [0.5, 0.6) is 0 Å². The molecular formula is C30H26O2. The minimum atomic E-state index is -0.770. The van der Waals surface area contributed by atoms with Gasteiger partial charge in [-0.2, -0.15) is 0 Å². The first-order chi connectivity index (χ1) is 15.5. The van der Waals surface area contributed by atoms with Gasteiger partial charge in [-0.05, 0) is 67.8 Å². The molecule has 0 bridgehead atoms. The Morgan fingerprint density at radius 3 is 1.62 bits per heavy atom. The lowest BCUT2D eigenvalue weighted by molar-refractivity contribution is 0.146. The summed E-state index contributed by atoms with van der Waals surface area (Å²) in [5, 5.41) is 20.8. The third-order valence-electron chi connectivity index (χ3n) is 7.72. The zero-order valence-electron chi connectivity index (χ0n) is 18.4. The molecule has 0 spiro atoms. The number of benzene rings is 4. The highest BCUT2D eigenvalue weighted by atomic mass is 16.3. The second kappa shape index (κ2) is 6.65. The maximum Gasteiger partial charge on any atom is 0.0676 e. The third-order valence-corrected chi connectivity index (χ3v) is 7.72. The Morgan fingerprint density at radius 1 is 0.531 bits per heavy atom. The molecule has 0 aromatic heterocycles. The summed E-state index contributed by atoms with van der Waals surface area (Å²) in [4.78, 5) is 0. The molecule has 2 aliphatic rings. The van der Waals surface area contributed by atoms with Crippen LogP contribution in [0.2, 0.25) is 0 Å². The van der Waals surface area contributed by atoms with Crippen molar-refractivity contribution >= 4 is 0 Å². The van der Waals surface area contributed by atoms with Crippen LogP contribution in [0.4, 0.5) is 0 Å². The van der Waals surface area contributed by atoms with Crippen molar-refractivity contribution in [3.05, 3.63) is 107 Å². The fraction of sp³-hybridized carbons (Fsp3) is 0.200. The lowest BCUT2D eigenvalue weighted by Crippen LogP contribution is -2.34. The Labute approximate surface area is 188 Å². The van der Waals surface area contributed by atoms with E-state index in [-0.39, 0.29) is 18.6 Å². The fourth-order valence-corrected chi connectivity index (χ4v) is 5.91. The summed E-state index contributed by atoms with van der Waals surface area (Å²) >= 11 is 0. The topological polar surface area (TPSA) is 40.5 Å². The lowest BCUT2D eigenvalue weighted by Gasteiger charge is -2.27. The molecule has 0 amide bonds. The standard InChI is InChI=1S/C30H26O2/c1-29(2)25-9-5-3-7-21(25)23-13-11-19(15-27(23)29)20-12-14-24-22-8-4-6-10-26(22)30(17-31,18-32)28(24)16-20/h3-16,31-32H,17-18H2,1-2H3. The second-order valence-electron chi connectivity index (χ2n) is 9.64. The van der Waals surface area contributed by atoms with E-state index < -0.39 is 5.41 Å². The average Bonchev–Trinajstić information content (AvgIpc) is 3.25. The van der Waals surface area contributed by atoms with E-state index in [1.54, 1.807) is 0 Å². The molecule has 2 heteroatoms. The predicted octanol–water partition coefficient (Wildman–Crippen LogP) is 5.91. The summed E-state index contributed by atoms with van der Waals surface area (Å²) in [6.45, 7) is 4.35. The predicted molar refractivity (Wildman–Crippen MR) is 130 cm³/mol. The van der Waals surface area contributed by atoms with Crippen molar-refractivity contribution in [2.75, 3.05) is 13.2 Å². The van der Waals surface area contributed by atoms with Crippen LogP contribution in [0.1, 0.15) is 36.1 Å². The summed E-state index contributed by atoms with van der Waals surface area (Å²) in [6, 6.07) is 30.0. The van der Waals surface area contributed by atoms with E-state index in [1.165, 1.54) is 22.3 Å². The first kappa shape index (κ1) is 19.5. The molecule has 4 aromatic carbocycles. The van der Waals surface area contributed by atoms with E-state index in [9.17, 15) is 10.2 Å². The van der Waals surface area contributed by atoms with Crippen molar-refractivity contribution in [3.63, 3.8) is 0 Å². The van der Waals surface area contributed by atoms with Crippen LogP contribution in [-0.4, -0.2) is 23.4 Å². The zero-order valence-corrected chi connectivity index (χ0v) is 18.4. The van der Waals surface area contributed by atoms with E-state index in [0.717, 1.165) is 33.4 Å². The van der Waals surface area contributed by atoms with Crippen LogP contribution in [0.3, 0.4) is 0 Å². The van der Waals surface area contributed by atoms with Crippen molar-refractivity contribution in [2.45, 2.75) is 24.7 Å². The molecule has 0 fully saturated rings. The van der Waals surface area contributed by atoms with Gasteiger partial charge in [-0.25, -0.2) is 0 Å². The quantitative estimate of drug-likeness (QED) is 0.434. The highest BCUT2D eigenvalue weighted by molar-refractivity contribution is 5.86. The molecule has 2 N–H and O–H groups in total. The summed E-state index contributed by atoms with van der Waals surface area (Å²) in [6.07, 6.45) is 0. The van der Waals surface area contributed by atoms with Crippen molar-refractivity contribution in [3.8, 4) is 33.4 Å². The molecule has 32 heavy (non-hydrogen) atoms. The van der Waals surface area contributed by atoms with Gasteiger partial charge >= 0.3 is 0 Å². The van der Waals surface area contributed by atoms with Gasteiger partial charge in [-0.1, -0.05) is 86.6 Å². The minimum absolute atomic E-state index is 0.0468. The van der Waals surface area contributed by atoms with E-state index in [0.29, 0.717) is 0 Å². The van der Waals surface area contributed by atoms with Crippen molar-refractivity contribution in [1.29, 1.82) is 0 Å². The van der Waals surface area contributed by atoms with Gasteiger partial charge in [0.15, 0.2) is 0 Å². The zero-order chi connectivity index (χ0) is 22.1. The van der Waals surface area contributed by atoms with Gasteiger partial charge in [-0.3, -0.25) is 0 Å². The Hall–Kier alpha value is -3.20. The molecule has 0 heterocycles. The van der Waals surface area contributed by atoms with Crippen molar-refractivity contribution < 1.29 is 10.2 Å². The summed E-state index contributed by atoms with van der Waals surface area (Å²) in [7, 11) is 0. The van der Waals surface area contributed by atoms with Crippen LogP contribution in [0.15, 0.2) is 84.9 Å². The number of hydrogen-bond acceptors (Lipinski definition) is 2. The molecular weight excluding hydrogens is 392 g/mol. The molecule has 0 atom stereocenters. The summed E-state index contributed by atoms with van der Waals surface area (Å²) in [5.41, 5.74) is 11.0. The van der Waals surface area contributed by atoms with Gasteiger partial charge in [0.25, 0.3) is 0 Å². The molecule has 0 radical (unpaired) electrons. The van der Waals surface area contributed by atoms with Gasteiger partial charge in [0.1, 0.15) is 0 Å². The Kier molecular flexibility index (Phi) is 4.05. The Balaban J connectivity index is 1.52. The van der Waals surface area contributed by atoms with Gasteiger partial charge in [0.05, 0.1) is 18.6 Å². The molecule has 2 nitrogen and oxygen atoms in total. The average molecular weight is 419 g/mol. The summed E-state index contributed by atoms with van der Waals surface area (Å²) < 4.78 is 0. The maximum absolute atomic E-state index is 10.4. The highest BCUT2D eigenvalue weighted by Crippen LogP contribution is 2.51. The molecule has 0 saturated heterocycles. The fourth-order valence-electron chi connectivity index (χ4n) is 5.91. The molecule has 0 aliphatic heterocycles. The van der Waals surface area contributed by atoms with Crippen molar-refractivity contribution in [1.82, 2.24) is 0 Å². The van der Waals surface area contributed by atoms with E-state index in [4.69, 9.17) is 0 Å². The number of fused-ring (bicyclic) bond motifs is 6. The Morgan fingerprint density at radius 2 is 1.00 bits per heavy atom. The minimum Gasteiger partial charge on any atom is -0.395 e. The summed E-state index contributed by atoms with van der Waals surface area (Å²) in [5.74, 6) is 0. The van der Waals surface area contributed by atoms with Crippen LogP contribution >= 0.6 is 0 Å². The first-order valence-electron chi connectivity index (χ1n) is 11.2. The van der Waals surface area contributed by atoms with Crippen LogP contribution in [0, 0.1) is 0 Å². The van der Waals surface area contributed by atoms with Gasteiger partial charge in [0.2, 0.25) is 0 Å².